The van der Waals surface area contributed by atoms with Crippen LogP contribution in [-0.4, -0.2) is 24.1 Å². The molecule has 0 bridgehead atoms. The Kier molecular flexibility index (Phi) is 5.38. The minimum absolute atomic E-state index is 0.108. The van der Waals surface area contributed by atoms with Gasteiger partial charge in [-0.3, -0.25) is 14.2 Å². The normalized spacial score (nSPS) is 11.5. The molecule has 0 aliphatic heterocycles. The van der Waals surface area contributed by atoms with Gasteiger partial charge in [-0.1, -0.05) is 29.8 Å². The highest BCUT2D eigenvalue weighted by molar-refractivity contribution is 7.92. The number of benzene rings is 3. The molecule has 4 aromatic rings. The number of carbonyl (C=O) groups is 1. The van der Waals surface area contributed by atoms with E-state index in [-0.39, 0.29) is 15.6 Å². The topological polar surface area (TPSA) is 93.1 Å². The Labute approximate surface area is 182 Å². The molecule has 31 heavy (non-hydrogen) atoms. The van der Waals surface area contributed by atoms with Crippen molar-refractivity contribution in [3.63, 3.8) is 0 Å². The summed E-state index contributed by atoms with van der Waals surface area (Å²) >= 11 is 5.76. The number of aromatic nitrogens is 2. The van der Waals surface area contributed by atoms with E-state index in [1.54, 1.807) is 43.4 Å². The predicted octanol–water partition coefficient (Wildman–Crippen LogP) is 4.42. The fourth-order valence-electron chi connectivity index (χ4n) is 3.11. The second kappa shape index (κ2) is 8.01. The Morgan fingerprint density at radius 1 is 1.03 bits per heavy atom. The molecule has 1 amide bonds. The van der Waals surface area contributed by atoms with E-state index in [1.165, 1.54) is 28.9 Å². The van der Waals surface area contributed by atoms with E-state index in [2.05, 4.69) is 15.1 Å². The molecule has 10 heteroatoms. The van der Waals surface area contributed by atoms with Gasteiger partial charge in [0.05, 0.1) is 21.1 Å². The van der Waals surface area contributed by atoms with Gasteiger partial charge in [-0.05, 0) is 48.5 Å². The van der Waals surface area contributed by atoms with Crippen LogP contribution in [0, 0.1) is 5.82 Å². The molecular weight excluding hydrogens is 443 g/mol. The highest BCUT2D eigenvalue weighted by Crippen LogP contribution is 2.25. The number of nitrogens with one attached hydrogen (secondary N) is 2. The number of hydrogen-bond acceptors (Lipinski definition) is 4. The molecule has 1 heterocycles. The van der Waals surface area contributed by atoms with E-state index in [0.29, 0.717) is 22.3 Å². The van der Waals surface area contributed by atoms with E-state index >= 15 is 0 Å². The fourth-order valence-corrected chi connectivity index (χ4v) is 4.36. The molecule has 0 unspecified atom stereocenters. The number of hydrogen-bond donors (Lipinski definition) is 2. The summed E-state index contributed by atoms with van der Waals surface area (Å²) < 4.78 is 42.3. The molecular formula is C21H16ClFN4O3S. The summed E-state index contributed by atoms with van der Waals surface area (Å²) in [7, 11) is -2.16. The Morgan fingerprint density at radius 3 is 2.45 bits per heavy atom. The van der Waals surface area contributed by atoms with Gasteiger partial charge in [-0.2, -0.15) is 5.10 Å². The first-order valence-electron chi connectivity index (χ1n) is 9.05. The van der Waals surface area contributed by atoms with Gasteiger partial charge < -0.3 is 5.32 Å². The maximum Gasteiger partial charge on any atom is 0.274 e. The third-order valence-electron chi connectivity index (χ3n) is 4.53. The number of amides is 1. The lowest BCUT2D eigenvalue weighted by Gasteiger charge is -2.08. The SMILES string of the molecule is Cn1nc2cc(NS(=O)(=O)c3ccccc3)ccc2c1C(=O)Nc1ccc(F)c(Cl)c1. The summed E-state index contributed by atoms with van der Waals surface area (Å²) in [5.74, 6) is -1.05. The van der Waals surface area contributed by atoms with E-state index in [4.69, 9.17) is 11.6 Å². The van der Waals surface area contributed by atoms with Crippen LogP contribution in [0.5, 0.6) is 0 Å². The number of rotatable bonds is 5. The van der Waals surface area contributed by atoms with Crippen molar-refractivity contribution in [2.45, 2.75) is 4.90 Å². The fraction of sp³-hybridized carbons (Fsp3) is 0.0476. The summed E-state index contributed by atoms with van der Waals surface area (Å²) in [5, 5.41) is 7.38. The van der Waals surface area contributed by atoms with E-state index in [1.807, 2.05) is 0 Å². The number of anilines is 2. The van der Waals surface area contributed by atoms with Crippen LogP contribution >= 0.6 is 11.6 Å². The average molecular weight is 459 g/mol. The second-order valence-electron chi connectivity index (χ2n) is 6.71. The number of carbonyl (C=O) groups excluding carboxylic acids is 1. The summed E-state index contributed by atoms with van der Waals surface area (Å²) in [5.41, 5.74) is 1.33. The van der Waals surface area contributed by atoms with Crippen molar-refractivity contribution in [1.29, 1.82) is 0 Å². The third kappa shape index (κ3) is 4.23. The molecule has 0 spiro atoms. The van der Waals surface area contributed by atoms with E-state index < -0.39 is 21.7 Å². The molecule has 2 N–H and O–H groups in total. The summed E-state index contributed by atoms with van der Waals surface area (Å²) in [4.78, 5) is 12.9. The van der Waals surface area contributed by atoms with Gasteiger partial charge in [0.15, 0.2) is 0 Å². The van der Waals surface area contributed by atoms with Gasteiger partial charge >= 0.3 is 0 Å². The van der Waals surface area contributed by atoms with Crippen molar-refractivity contribution in [1.82, 2.24) is 9.78 Å². The lowest BCUT2D eigenvalue weighted by atomic mass is 10.2. The van der Waals surface area contributed by atoms with Crippen molar-refractivity contribution in [2.24, 2.45) is 7.05 Å². The molecule has 0 saturated carbocycles. The molecule has 0 saturated heterocycles. The first kappa shape index (κ1) is 20.8. The molecule has 1 aromatic heterocycles. The van der Waals surface area contributed by atoms with Crippen LogP contribution in [0.3, 0.4) is 0 Å². The highest BCUT2D eigenvalue weighted by atomic mass is 35.5. The molecule has 4 rings (SSSR count). The number of aryl methyl sites for hydroxylation is 1. The number of sulfonamides is 1. The maximum absolute atomic E-state index is 13.3. The third-order valence-corrected chi connectivity index (χ3v) is 6.22. The summed E-state index contributed by atoms with van der Waals surface area (Å²) in [6.07, 6.45) is 0. The van der Waals surface area contributed by atoms with Crippen LogP contribution in [0.4, 0.5) is 15.8 Å². The van der Waals surface area contributed by atoms with Gasteiger partial charge in [-0.25, -0.2) is 12.8 Å². The maximum atomic E-state index is 13.3. The lowest BCUT2D eigenvalue weighted by Crippen LogP contribution is -2.16. The van der Waals surface area contributed by atoms with Crippen LogP contribution in [0.25, 0.3) is 10.9 Å². The van der Waals surface area contributed by atoms with Crippen LogP contribution in [0.15, 0.2) is 71.6 Å². The quantitative estimate of drug-likeness (QED) is 0.463. The van der Waals surface area contributed by atoms with Crippen LogP contribution in [0.2, 0.25) is 5.02 Å². The van der Waals surface area contributed by atoms with Gasteiger partial charge in [0.2, 0.25) is 0 Å². The Morgan fingerprint density at radius 2 is 1.74 bits per heavy atom. The molecule has 0 aliphatic rings. The van der Waals surface area contributed by atoms with Gasteiger partial charge in [-0.15, -0.1) is 0 Å². The summed E-state index contributed by atoms with van der Waals surface area (Å²) in [6, 6.07) is 16.5. The Bertz CT molecular complexity index is 1410. The standard InChI is InChI=1S/C21H16ClFN4O3S/c1-27-20(21(28)24-13-8-10-18(23)17(22)11-13)16-9-7-14(12-19(16)25-27)26-31(29,30)15-5-3-2-4-6-15/h2-12,26H,1H3,(H,24,28). The lowest BCUT2D eigenvalue weighted by molar-refractivity contribution is 0.101. The van der Waals surface area contributed by atoms with Crippen LogP contribution in [0.1, 0.15) is 10.5 Å². The zero-order chi connectivity index (χ0) is 22.2. The Hall–Kier alpha value is -3.43. The van der Waals surface area contributed by atoms with Crippen molar-refractivity contribution in [2.75, 3.05) is 10.0 Å². The molecule has 7 nitrogen and oxygen atoms in total. The first-order valence-corrected chi connectivity index (χ1v) is 10.9. The first-order chi connectivity index (χ1) is 14.7. The zero-order valence-corrected chi connectivity index (χ0v) is 17.7. The smallest absolute Gasteiger partial charge is 0.274 e. The molecule has 0 atom stereocenters. The summed E-state index contributed by atoms with van der Waals surface area (Å²) in [6.45, 7) is 0. The monoisotopic (exact) mass is 458 g/mol. The van der Waals surface area contributed by atoms with Crippen LogP contribution in [-0.2, 0) is 17.1 Å². The Balaban J connectivity index is 1.63. The average Bonchev–Trinajstić information content (AvgIpc) is 3.06. The minimum Gasteiger partial charge on any atom is -0.321 e. The van der Waals surface area contributed by atoms with Crippen molar-refractivity contribution in [3.05, 3.63) is 83.3 Å². The van der Waals surface area contributed by atoms with Crippen LogP contribution < -0.4 is 10.0 Å². The number of fused-ring (bicyclic) bond motifs is 1. The molecule has 3 aromatic carbocycles. The van der Waals surface area contributed by atoms with E-state index in [0.717, 1.165) is 6.07 Å². The number of halogens is 2. The van der Waals surface area contributed by atoms with Gasteiger partial charge in [0.1, 0.15) is 11.5 Å². The zero-order valence-electron chi connectivity index (χ0n) is 16.1. The molecule has 158 valence electrons. The molecule has 0 fully saturated rings. The largest absolute Gasteiger partial charge is 0.321 e. The molecule has 0 aliphatic carbocycles. The predicted molar refractivity (Wildman–Crippen MR) is 117 cm³/mol. The van der Waals surface area contributed by atoms with Gasteiger partial charge in [0.25, 0.3) is 15.9 Å². The van der Waals surface area contributed by atoms with E-state index in [9.17, 15) is 17.6 Å². The second-order valence-corrected chi connectivity index (χ2v) is 8.80. The molecule has 0 radical (unpaired) electrons. The highest BCUT2D eigenvalue weighted by Gasteiger charge is 2.19. The minimum atomic E-state index is -3.76. The number of nitrogens with zero attached hydrogens (tertiary/aromatic N) is 2. The van der Waals surface area contributed by atoms with Gasteiger partial charge in [0, 0.05) is 18.1 Å². The van der Waals surface area contributed by atoms with Crippen molar-refractivity contribution >= 4 is 49.8 Å². The van der Waals surface area contributed by atoms with Crippen molar-refractivity contribution < 1.29 is 17.6 Å². The van der Waals surface area contributed by atoms with Crippen molar-refractivity contribution in [3.8, 4) is 0 Å².